The number of amides is 1. The van der Waals surface area contributed by atoms with E-state index in [0.29, 0.717) is 24.5 Å². The van der Waals surface area contributed by atoms with Crippen LogP contribution >= 0.6 is 24.0 Å². The van der Waals surface area contributed by atoms with Gasteiger partial charge in [-0.1, -0.05) is 6.92 Å². The van der Waals surface area contributed by atoms with Crippen molar-refractivity contribution in [3.8, 4) is 0 Å². The van der Waals surface area contributed by atoms with Crippen LogP contribution < -0.4 is 16.0 Å². The zero-order valence-corrected chi connectivity index (χ0v) is 19.4. The van der Waals surface area contributed by atoms with E-state index in [4.69, 9.17) is 0 Å². The van der Waals surface area contributed by atoms with E-state index in [2.05, 4.69) is 46.6 Å². The number of guanidine groups is 1. The summed E-state index contributed by atoms with van der Waals surface area (Å²) >= 11 is 0. The van der Waals surface area contributed by atoms with Gasteiger partial charge < -0.3 is 16.0 Å². The van der Waals surface area contributed by atoms with Gasteiger partial charge in [-0.2, -0.15) is 0 Å². The van der Waals surface area contributed by atoms with Crippen LogP contribution in [0.2, 0.25) is 0 Å². The van der Waals surface area contributed by atoms with Gasteiger partial charge in [-0.05, 0) is 38.8 Å². The lowest BCUT2D eigenvalue weighted by molar-refractivity contribution is -0.114. The molecule has 164 valence electrons. The molecular weight excluding hydrogens is 498 g/mol. The molecule has 1 saturated heterocycles. The van der Waals surface area contributed by atoms with Gasteiger partial charge >= 0.3 is 0 Å². The van der Waals surface area contributed by atoms with Crippen molar-refractivity contribution in [1.29, 1.82) is 0 Å². The van der Waals surface area contributed by atoms with Gasteiger partial charge in [-0.3, -0.25) is 9.69 Å². The monoisotopic (exact) mass is 527 g/mol. The maximum Gasteiger partial charge on any atom is 0.246 e. The molecule has 10 heteroatoms. The number of hydrogen-bond acceptors (Lipinski definition) is 3. The van der Waals surface area contributed by atoms with Crippen LogP contribution in [0.5, 0.6) is 0 Å². The Bertz CT molecular complexity index is 732. The quantitative estimate of drug-likeness (QED) is 0.231. The number of halogens is 4. The molecule has 2 unspecified atom stereocenters. The van der Waals surface area contributed by atoms with E-state index in [-0.39, 0.29) is 36.6 Å². The summed E-state index contributed by atoms with van der Waals surface area (Å²) < 4.78 is 39.9. The third kappa shape index (κ3) is 7.02. The van der Waals surface area contributed by atoms with Crippen molar-refractivity contribution in [2.75, 3.05) is 31.5 Å². The SMILES string of the molecule is CCNC(=NCC(=O)Nc1ccc(F)c(F)c1F)NC1CN(C(C)C)CC1C.I. The Hall–Kier alpha value is -1.56. The Labute approximate surface area is 186 Å². The van der Waals surface area contributed by atoms with E-state index in [1.807, 2.05) is 6.92 Å². The fraction of sp³-hybridized carbons (Fsp3) is 0.579. The van der Waals surface area contributed by atoms with Gasteiger partial charge in [0.1, 0.15) is 6.54 Å². The third-order valence-electron chi connectivity index (χ3n) is 4.73. The number of likely N-dealkylation sites (tertiary alicyclic amines) is 1. The first-order chi connectivity index (χ1) is 13.2. The summed E-state index contributed by atoms with van der Waals surface area (Å²) in [5.41, 5.74) is -0.422. The molecule has 0 spiro atoms. The second-order valence-electron chi connectivity index (χ2n) is 7.24. The number of anilines is 1. The van der Waals surface area contributed by atoms with E-state index >= 15 is 0 Å². The number of hydrogen-bond donors (Lipinski definition) is 3. The Kier molecular flexibility index (Phi) is 10.2. The van der Waals surface area contributed by atoms with E-state index in [1.165, 1.54) is 0 Å². The number of nitrogens with one attached hydrogen (secondary N) is 3. The molecule has 1 fully saturated rings. The molecule has 1 amide bonds. The van der Waals surface area contributed by atoms with Crippen LogP contribution in [0.15, 0.2) is 17.1 Å². The summed E-state index contributed by atoms with van der Waals surface area (Å²) in [6.07, 6.45) is 0. The van der Waals surface area contributed by atoms with Crippen molar-refractivity contribution < 1.29 is 18.0 Å². The fourth-order valence-corrected chi connectivity index (χ4v) is 3.07. The molecular formula is C19H29F3IN5O. The second-order valence-corrected chi connectivity index (χ2v) is 7.24. The van der Waals surface area contributed by atoms with Gasteiger partial charge in [-0.15, -0.1) is 24.0 Å². The number of rotatable bonds is 6. The van der Waals surface area contributed by atoms with Crippen molar-refractivity contribution >= 4 is 41.5 Å². The molecule has 1 aromatic carbocycles. The van der Waals surface area contributed by atoms with Gasteiger partial charge in [0, 0.05) is 31.7 Å². The molecule has 1 heterocycles. The molecule has 2 atom stereocenters. The van der Waals surface area contributed by atoms with Crippen LogP contribution in [0.4, 0.5) is 18.9 Å². The predicted molar refractivity (Wildman–Crippen MR) is 119 cm³/mol. The number of carbonyl (C=O) groups excluding carboxylic acids is 1. The van der Waals surface area contributed by atoms with Crippen molar-refractivity contribution in [3.63, 3.8) is 0 Å². The minimum Gasteiger partial charge on any atom is -0.357 e. The summed E-state index contributed by atoms with van der Waals surface area (Å²) in [4.78, 5) is 18.6. The number of carbonyl (C=O) groups is 1. The third-order valence-corrected chi connectivity index (χ3v) is 4.73. The number of nitrogens with zero attached hydrogens (tertiary/aromatic N) is 2. The maximum absolute atomic E-state index is 13.7. The van der Waals surface area contributed by atoms with Crippen LogP contribution in [0.1, 0.15) is 27.7 Å². The average molecular weight is 527 g/mol. The summed E-state index contributed by atoms with van der Waals surface area (Å²) in [5.74, 6) is -4.11. The maximum atomic E-state index is 13.7. The highest BCUT2D eigenvalue weighted by atomic mass is 127. The van der Waals surface area contributed by atoms with E-state index in [9.17, 15) is 18.0 Å². The molecule has 29 heavy (non-hydrogen) atoms. The highest BCUT2D eigenvalue weighted by molar-refractivity contribution is 14.0. The summed E-state index contributed by atoms with van der Waals surface area (Å²) in [7, 11) is 0. The zero-order valence-electron chi connectivity index (χ0n) is 17.1. The average Bonchev–Trinajstić information content (AvgIpc) is 3.01. The van der Waals surface area contributed by atoms with Crippen LogP contribution in [0.3, 0.4) is 0 Å². The number of benzene rings is 1. The van der Waals surface area contributed by atoms with E-state index < -0.39 is 29.0 Å². The van der Waals surface area contributed by atoms with Gasteiger partial charge in [0.15, 0.2) is 23.4 Å². The Morgan fingerprint density at radius 2 is 1.93 bits per heavy atom. The van der Waals surface area contributed by atoms with Crippen LogP contribution in [0, 0.1) is 23.4 Å². The highest BCUT2D eigenvalue weighted by Gasteiger charge is 2.31. The van der Waals surface area contributed by atoms with Crippen molar-refractivity contribution in [1.82, 2.24) is 15.5 Å². The van der Waals surface area contributed by atoms with Crippen molar-refractivity contribution in [2.24, 2.45) is 10.9 Å². The molecule has 6 nitrogen and oxygen atoms in total. The van der Waals surface area contributed by atoms with Crippen molar-refractivity contribution in [3.05, 3.63) is 29.6 Å². The topological polar surface area (TPSA) is 68.8 Å². The predicted octanol–water partition coefficient (Wildman–Crippen LogP) is 2.94. The van der Waals surface area contributed by atoms with Gasteiger partial charge in [0.25, 0.3) is 0 Å². The van der Waals surface area contributed by atoms with Gasteiger partial charge in [0.2, 0.25) is 5.91 Å². The summed E-state index contributed by atoms with van der Waals surface area (Å²) in [6.45, 7) is 10.5. The Morgan fingerprint density at radius 1 is 1.24 bits per heavy atom. The van der Waals surface area contributed by atoms with E-state index in [0.717, 1.165) is 25.2 Å². The second kappa shape index (κ2) is 11.6. The van der Waals surface area contributed by atoms with Crippen LogP contribution in [-0.2, 0) is 4.79 Å². The zero-order chi connectivity index (χ0) is 20.8. The first kappa shape index (κ1) is 25.5. The summed E-state index contributed by atoms with van der Waals surface area (Å²) in [6, 6.07) is 2.36. The molecule has 3 N–H and O–H groups in total. The standard InChI is InChI=1S/C19H28F3N5O.HI/c1-5-23-19(26-15-10-27(11(2)3)9-12(15)4)24-8-16(28)25-14-7-6-13(20)17(21)18(14)22;/h6-7,11-12,15H,5,8-10H2,1-4H3,(H,25,28)(H2,23,24,26);1H. The molecule has 1 aliphatic rings. The van der Waals surface area contributed by atoms with E-state index in [1.54, 1.807) is 0 Å². The lowest BCUT2D eigenvalue weighted by Crippen LogP contribution is -2.47. The highest BCUT2D eigenvalue weighted by Crippen LogP contribution is 2.20. The Morgan fingerprint density at radius 3 is 2.52 bits per heavy atom. The number of aliphatic imine (C=N–C) groups is 1. The molecule has 0 bridgehead atoms. The summed E-state index contributed by atoms with van der Waals surface area (Å²) in [5, 5.41) is 8.62. The largest absolute Gasteiger partial charge is 0.357 e. The molecule has 0 radical (unpaired) electrons. The van der Waals surface area contributed by atoms with Gasteiger partial charge in [-0.25, -0.2) is 18.2 Å². The Balaban J connectivity index is 0.00000420. The normalized spacial score (nSPS) is 19.8. The smallest absolute Gasteiger partial charge is 0.246 e. The first-order valence-electron chi connectivity index (χ1n) is 9.45. The van der Waals surface area contributed by atoms with Crippen LogP contribution in [-0.4, -0.2) is 55.0 Å². The van der Waals surface area contributed by atoms with Crippen molar-refractivity contribution in [2.45, 2.75) is 39.8 Å². The first-order valence-corrected chi connectivity index (χ1v) is 9.45. The molecule has 1 aromatic rings. The molecule has 0 saturated carbocycles. The molecule has 0 aliphatic carbocycles. The fourth-order valence-electron chi connectivity index (χ4n) is 3.07. The molecule has 1 aliphatic heterocycles. The lowest BCUT2D eigenvalue weighted by atomic mass is 10.1. The lowest BCUT2D eigenvalue weighted by Gasteiger charge is -2.21. The molecule has 2 rings (SSSR count). The van der Waals surface area contributed by atoms with Crippen LogP contribution in [0.25, 0.3) is 0 Å². The minimum atomic E-state index is -1.62. The van der Waals surface area contributed by atoms with Gasteiger partial charge in [0.05, 0.1) is 5.69 Å². The molecule has 0 aromatic heterocycles. The minimum absolute atomic E-state index is 0.